The lowest BCUT2D eigenvalue weighted by Crippen LogP contribution is -2.20. The van der Waals surface area contributed by atoms with E-state index in [1.165, 1.54) is 11.3 Å². The molecule has 0 spiro atoms. The van der Waals surface area contributed by atoms with E-state index in [9.17, 15) is 4.79 Å². The predicted molar refractivity (Wildman–Crippen MR) is 61.1 cm³/mol. The topological polar surface area (TPSA) is 60.9 Å². The molecule has 2 heterocycles. The molecule has 0 saturated heterocycles. The average Bonchev–Trinajstić information content (AvgIpc) is 2.67. The molecule has 0 saturated carbocycles. The molecule has 4 nitrogen and oxygen atoms in total. The van der Waals surface area contributed by atoms with Gasteiger partial charge in [-0.25, -0.2) is 0 Å². The van der Waals surface area contributed by atoms with Crippen molar-refractivity contribution in [2.75, 3.05) is 5.73 Å². The molecule has 5 heteroatoms. The second-order valence-electron chi connectivity index (χ2n) is 3.35. The van der Waals surface area contributed by atoms with Gasteiger partial charge in [-0.3, -0.25) is 9.78 Å². The van der Waals surface area contributed by atoms with E-state index < -0.39 is 0 Å². The molecular weight excluding hydrogens is 210 g/mol. The summed E-state index contributed by atoms with van der Waals surface area (Å²) in [5.41, 5.74) is 8.92. The third-order valence-corrected chi connectivity index (χ3v) is 2.95. The van der Waals surface area contributed by atoms with Crippen molar-refractivity contribution in [2.24, 2.45) is 0 Å². The van der Waals surface area contributed by atoms with E-state index in [1.807, 2.05) is 6.92 Å². The first-order chi connectivity index (χ1) is 7.16. The molecule has 0 aliphatic heterocycles. The Morgan fingerprint density at radius 2 is 2.40 bits per heavy atom. The number of nitrogen functional groups attached to an aromatic ring is 1. The van der Waals surface area contributed by atoms with Crippen molar-refractivity contribution in [3.05, 3.63) is 44.8 Å². The molecule has 2 aromatic heterocycles. The minimum absolute atomic E-state index is 0.0323. The number of hydrogen-bond acceptors (Lipinski definition) is 4. The number of nitrogens with two attached hydrogens (primary N) is 1. The van der Waals surface area contributed by atoms with Gasteiger partial charge < -0.3 is 10.3 Å². The Hall–Kier alpha value is -1.62. The van der Waals surface area contributed by atoms with Crippen LogP contribution in [-0.4, -0.2) is 9.55 Å². The molecule has 0 amide bonds. The van der Waals surface area contributed by atoms with Gasteiger partial charge in [0.25, 0.3) is 5.56 Å². The van der Waals surface area contributed by atoms with E-state index in [1.54, 1.807) is 28.5 Å². The molecular formula is C10H11N3OS. The predicted octanol–water partition coefficient (Wildman–Crippen LogP) is 1.24. The van der Waals surface area contributed by atoms with Crippen LogP contribution >= 0.6 is 11.3 Å². The summed E-state index contributed by atoms with van der Waals surface area (Å²) in [4.78, 5) is 16.6. The zero-order valence-corrected chi connectivity index (χ0v) is 9.12. The Balaban J connectivity index is 2.37. The smallest absolute Gasteiger partial charge is 0.251 e. The number of rotatable bonds is 2. The second-order valence-corrected chi connectivity index (χ2v) is 4.32. The van der Waals surface area contributed by atoms with Gasteiger partial charge in [-0.05, 0) is 12.5 Å². The zero-order chi connectivity index (χ0) is 10.8. The largest absolute Gasteiger partial charge is 0.397 e. The van der Waals surface area contributed by atoms with E-state index >= 15 is 0 Å². The molecule has 0 atom stereocenters. The van der Waals surface area contributed by atoms with E-state index in [2.05, 4.69) is 4.98 Å². The molecule has 2 rings (SSSR count). The van der Waals surface area contributed by atoms with Gasteiger partial charge in [-0.15, -0.1) is 11.3 Å². The Bertz CT molecular complexity index is 516. The molecule has 0 unspecified atom stereocenters. The summed E-state index contributed by atoms with van der Waals surface area (Å²) in [5.74, 6) is 0. The Morgan fingerprint density at radius 1 is 1.60 bits per heavy atom. The first-order valence-corrected chi connectivity index (χ1v) is 5.38. The van der Waals surface area contributed by atoms with Gasteiger partial charge in [0.1, 0.15) is 0 Å². The lowest BCUT2D eigenvalue weighted by Gasteiger charge is -2.06. The van der Waals surface area contributed by atoms with Gasteiger partial charge in [-0.2, -0.15) is 0 Å². The molecule has 2 N–H and O–H groups in total. The SMILES string of the molecule is Cc1cc(=O)n(Cc2cncs2)cc1N. The van der Waals surface area contributed by atoms with Gasteiger partial charge in [0.15, 0.2) is 0 Å². The van der Waals surface area contributed by atoms with Crippen LogP contribution in [0.5, 0.6) is 0 Å². The maximum Gasteiger partial charge on any atom is 0.251 e. The first kappa shape index (κ1) is 9.92. The van der Waals surface area contributed by atoms with Crippen molar-refractivity contribution in [3.63, 3.8) is 0 Å². The van der Waals surface area contributed by atoms with Crippen molar-refractivity contribution in [2.45, 2.75) is 13.5 Å². The quantitative estimate of drug-likeness (QED) is 0.830. The van der Waals surface area contributed by atoms with Crippen LogP contribution in [0, 0.1) is 6.92 Å². The number of thiazole rings is 1. The summed E-state index contributed by atoms with van der Waals surface area (Å²) in [5, 5.41) is 0. The molecule has 0 fully saturated rings. The third kappa shape index (κ3) is 2.07. The maximum atomic E-state index is 11.6. The number of aromatic nitrogens is 2. The summed E-state index contributed by atoms with van der Waals surface area (Å²) in [7, 11) is 0. The minimum Gasteiger partial charge on any atom is -0.397 e. The van der Waals surface area contributed by atoms with Gasteiger partial charge >= 0.3 is 0 Å². The summed E-state index contributed by atoms with van der Waals surface area (Å²) < 4.78 is 1.59. The normalized spacial score (nSPS) is 10.5. The molecule has 0 aliphatic rings. The highest BCUT2D eigenvalue weighted by Gasteiger charge is 2.02. The average molecular weight is 221 g/mol. The van der Waals surface area contributed by atoms with Crippen molar-refractivity contribution in [1.82, 2.24) is 9.55 Å². The molecule has 0 radical (unpaired) electrons. The van der Waals surface area contributed by atoms with Crippen LogP contribution in [0.15, 0.2) is 28.8 Å². The summed E-state index contributed by atoms with van der Waals surface area (Å²) in [6.07, 6.45) is 3.44. The van der Waals surface area contributed by atoms with E-state index in [0.29, 0.717) is 12.2 Å². The van der Waals surface area contributed by atoms with Crippen LogP contribution in [0.3, 0.4) is 0 Å². The Labute approximate surface area is 91.0 Å². The van der Waals surface area contributed by atoms with Crippen molar-refractivity contribution < 1.29 is 0 Å². The Morgan fingerprint density at radius 3 is 3.07 bits per heavy atom. The number of anilines is 1. The van der Waals surface area contributed by atoms with E-state index in [0.717, 1.165) is 10.4 Å². The first-order valence-electron chi connectivity index (χ1n) is 4.51. The standard InChI is InChI=1S/C10H11N3OS/c1-7-2-10(14)13(5-9(7)11)4-8-3-12-6-15-8/h2-3,5-6H,4,11H2,1H3. The van der Waals surface area contributed by atoms with Crippen molar-refractivity contribution in [1.29, 1.82) is 0 Å². The summed E-state index contributed by atoms with van der Waals surface area (Å²) in [6.45, 7) is 2.36. The van der Waals surface area contributed by atoms with Gasteiger partial charge in [0.05, 0.1) is 17.7 Å². The number of nitrogens with zero attached hydrogens (tertiary/aromatic N) is 2. The lowest BCUT2D eigenvalue weighted by molar-refractivity contribution is 0.768. The number of aryl methyl sites for hydroxylation is 1. The fourth-order valence-electron chi connectivity index (χ4n) is 1.30. The third-order valence-electron chi connectivity index (χ3n) is 2.18. The Kier molecular flexibility index (Phi) is 2.55. The molecule has 2 aromatic rings. The lowest BCUT2D eigenvalue weighted by atomic mass is 10.2. The number of hydrogen-bond donors (Lipinski definition) is 1. The molecule has 78 valence electrons. The van der Waals surface area contributed by atoms with E-state index in [4.69, 9.17) is 5.73 Å². The van der Waals surface area contributed by atoms with Crippen LogP contribution in [0.25, 0.3) is 0 Å². The zero-order valence-electron chi connectivity index (χ0n) is 8.30. The molecule has 15 heavy (non-hydrogen) atoms. The molecule has 0 bridgehead atoms. The highest BCUT2D eigenvalue weighted by molar-refractivity contribution is 7.09. The van der Waals surface area contributed by atoms with E-state index in [-0.39, 0.29) is 5.56 Å². The second kappa shape index (κ2) is 3.86. The van der Waals surface area contributed by atoms with Gasteiger partial charge in [-0.1, -0.05) is 0 Å². The molecule has 0 aliphatic carbocycles. The highest BCUT2D eigenvalue weighted by atomic mass is 32.1. The monoisotopic (exact) mass is 221 g/mol. The fraction of sp³-hybridized carbons (Fsp3) is 0.200. The van der Waals surface area contributed by atoms with Gasteiger partial charge in [0, 0.05) is 23.3 Å². The summed E-state index contributed by atoms with van der Waals surface area (Å²) >= 11 is 1.52. The van der Waals surface area contributed by atoms with Crippen LogP contribution in [-0.2, 0) is 6.54 Å². The minimum atomic E-state index is -0.0323. The van der Waals surface area contributed by atoms with Crippen LogP contribution in [0.2, 0.25) is 0 Å². The fourth-order valence-corrected chi connectivity index (χ4v) is 1.89. The maximum absolute atomic E-state index is 11.6. The number of pyridine rings is 1. The van der Waals surface area contributed by atoms with Crippen LogP contribution in [0.4, 0.5) is 5.69 Å². The van der Waals surface area contributed by atoms with Crippen molar-refractivity contribution in [3.8, 4) is 0 Å². The highest BCUT2D eigenvalue weighted by Crippen LogP contribution is 2.10. The molecule has 0 aromatic carbocycles. The summed E-state index contributed by atoms with van der Waals surface area (Å²) in [6, 6.07) is 1.55. The van der Waals surface area contributed by atoms with Crippen LogP contribution in [0.1, 0.15) is 10.4 Å². The van der Waals surface area contributed by atoms with Crippen LogP contribution < -0.4 is 11.3 Å². The van der Waals surface area contributed by atoms with Crippen molar-refractivity contribution >= 4 is 17.0 Å². The van der Waals surface area contributed by atoms with Gasteiger partial charge in [0.2, 0.25) is 0 Å².